The molecule has 1 aliphatic heterocycles. The van der Waals surface area contributed by atoms with Crippen LogP contribution in [0.4, 0.5) is 5.82 Å². The number of carbonyl (C=O) groups excluding carboxylic acids is 1. The lowest BCUT2D eigenvalue weighted by Gasteiger charge is -2.12. The van der Waals surface area contributed by atoms with Gasteiger partial charge in [0.1, 0.15) is 0 Å². The summed E-state index contributed by atoms with van der Waals surface area (Å²) in [5.41, 5.74) is 0.711. The summed E-state index contributed by atoms with van der Waals surface area (Å²) >= 11 is 3.45. The Bertz CT molecular complexity index is 552. The number of H-pyrrole nitrogens is 1. The maximum Gasteiger partial charge on any atom is 0.229 e. The third-order valence-corrected chi connectivity index (χ3v) is 3.26. The van der Waals surface area contributed by atoms with Crippen molar-refractivity contribution in [3.8, 4) is 0 Å². The third kappa shape index (κ3) is 1.41. The molecule has 1 unspecified atom stereocenters. The first-order valence-corrected chi connectivity index (χ1v) is 5.91. The minimum Gasteiger partial charge on any atom is -0.294 e. The fourth-order valence-corrected chi connectivity index (χ4v) is 2.48. The van der Waals surface area contributed by atoms with E-state index in [1.54, 1.807) is 11.1 Å². The summed E-state index contributed by atoms with van der Waals surface area (Å²) in [5.74, 6) is 0.772. The predicted molar refractivity (Wildman–Crippen MR) is 63.6 cm³/mol. The zero-order chi connectivity index (χ0) is 11.1. The summed E-state index contributed by atoms with van der Waals surface area (Å²) in [6, 6.07) is 3.75. The van der Waals surface area contributed by atoms with Gasteiger partial charge in [0, 0.05) is 24.0 Å². The van der Waals surface area contributed by atoms with Crippen molar-refractivity contribution in [1.29, 1.82) is 0 Å². The molecule has 0 bridgehead atoms. The van der Waals surface area contributed by atoms with E-state index >= 15 is 0 Å². The van der Waals surface area contributed by atoms with Crippen LogP contribution in [0.5, 0.6) is 0 Å². The third-order valence-electron chi connectivity index (χ3n) is 2.65. The molecule has 6 heteroatoms. The summed E-state index contributed by atoms with van der Waals surface area (Å²) in [5, 5.41) is 7.88. The van der Waals surface area contributed by atoms with Gasteiger partial charge in [-0.25, -0.2) is 4.98 Å². The lowest BCUT2D eigenvalue weighted by molar-refractivity contribution is -0.117. The van der Waals surface area contributed by atoms with E-state index in [9.17, 15) is 4.79 Å². The Morgan fingerprint density at radius 1 is 1.56 bits per heavy atom. The van der Waals surface area contributed by atoms with E-state index in [4.69, 9.17) is 0 Å². The minimum atomic E-state index is 0.0964. The van der Waals surface area contributed by atoms with Crippen molar-refractivity contribution in [3.05, 3.63) is 18.3 Å². The van der Waals surface area contributed by atoms with Crippen LogP contribution in [0.3, 0.4) is 0 Å². The second kappa shape index (κ2) is 3.55. The molecule has 3 heterocycles. The first kappa shape index (κ1) is 9.77. The number of alkyl halides is 1. The fourth-order valence-electron chi connectivity index (χ4n) is 1.92. The van der Waals surface area contributed by atoms with Gasteiger partial charge >= 0.3 is 0 Å². The molecular weight excluding hydrogens is 272 g/mol. The molecule has 3 rings (SSSR count). The maximum absolute atomic E-state index is 11.7. The summed E-state index contributed by atoms with van der Waals surface area (Å²) in [6.07, 6.45) is 2.22. The number of halogens is 1. The first-order chi connectivity index (χ1) is 7.75. The Balaban J connectivity index is 2.09. The molecule has 5 nitrogen and oxygen atoms in total. The SMILES string of the molecule is O=C1CC(Br)CN1c1n[nH]c2ncccc12. The van der Waals surface area contributed by atoms with Gasteiger partial charge in [0.15, 0.2) is 11.5 Å². The van der Waals surface area contributed by atoms with Crippen LogP contribution in [0, 0.1) is 0 Å². The molecule has 2 aromatic heterocycles. The van der Waals surface area contributed by atoms with Crippen molar-refractivity contribution >= 4 is 38.7 Å². The van der Waals surface area contributed by atoms with Crippen molar-refractivity contribution in [2.75, 3.05) is 11.4 Å². The number of rotatable bonds is 1. The molecule has 0 aromatic carbocycles. The zero-order valence-corrected chi connectivity index (χ0v) is 9.94. The number of aromatic nitrogens is 3. The fraction of sp³-hybridized carbons (Fsp3) is 0.300. The quantitative estimate of drug-likeness (QED) is 0.805. The Labute approximate surface area is 100.0 Å². The van der Waals surface area contributed by atoms with E-state index in [1.165, 1.54) is 0 Å². The topological polar surface area (TPSA) is 61.9 Å². The van der Waals surface area contributed by atoms with Crippen LogP contribution < -0.4 is 4.90 Å². The monoisotopic (exact) mass is 280 g/mol. The Morgan fingerprint density at radius 2 is 2.44 bits per heavy atom. The van der Waals surface area contributed by atoms with Gasteiger partial charge in [0.2, 0.25) is 5.91 Å². The van der Waals surface area contributed by atoms with Gasteiger partial charge in [-0.3, -0.25) is 14.8 Å². The van der Waals surface area contributed by atoms with Crippen molar-refractivity contribution in [2.24, 2.45) is 0 Å². The average Bonchev–Trinajstić information content (AvgIpc) is 2.81. The van der Waals surface area contributed by atoms with Gasteiger partial charge in [-0.1, -0.05) is 15.9 Å². The number of amides is 1. The highest BCUT2D eigenvalue weighted by atomic mass is 79.9. The van der Waals surface area contributed by atoms with Crippen molar-refractivity contribution in [2.45, 2.75) is 11.2 Å². The molecule has 1 aliphatic rings. The second-order valence-corrected chi connectivity index (χ2v) is 5.05. The van der Waals surface area contributed by atoms with Gasteiger partial charge in [0.25, 0.3) is 0 Å². The Morgan fingerprint density at radius 3 is 3.19 bits per heavy atom. The summed E-state index contributed by atoms with van der Waals surface area (Å²) in [4.78, 5) is 17.8. The Kier molecular flexibility index (Phi) is 2.17. The molecule has 1 amide bonds. The second-order valence-electron chi connectivity index (χ2n) is 3.75. The smallest absolute Gasteiger partial charge is 0.229 e. The van der Waals surface area contributed by atoms with Crippen molar-refractivity contribution in [3.63, 3.8) is 0 Å². The number of nitrogens with one attached hydrogen (secondary N) is 1. The molecular formula is C10H9BrN4O. The highest BCUT2D eigenvalue weighted by molar-refractivity contribution is 9.09. The number of hydrogen-bond acceptors (Lipinski definition) is 3. The number of fused-ring (bicyclic) bond motifs is 1. The Hall–Kier alpha value is -1.43. The number of nitrogens with zero attached hydrogens (tertiary/aromatic N) is 3. The highest BCUT2D eigenvalue weighted by Gasteiger charge is 2.31. The van der Waals surface area contributed by atoms with Crippen molar-refractivity contribution < 1.29 is 4.79 Å². The summed E-state index contributed by atoms with van der Waals surface area (Å²) in [6.45, 7) is 0.660. The molecule has 16 heavy (non-hydrogen) atoms. The van der Waals surface area contributed by atoms with Gasteiger partial charge in [0.05, 0.1) is 5.39 Å². The minimum absolute atomic E-state index is 0.0964. The average molecular weight is 281 g/mol. The molecule has 1 atom stereocenters. The molecule has 1 saturated heterocycles. The normalized spacial score (nSPS) is 20.9. The van der Waals surface area contributed by atoms with Gasteiger partial charge < -0.3 is 0 Å². The van der Waals surface area contributed by atoms with Crippen LogP contribution in [0.2, 0.25) is 0 Å². The lowest BCUT2D eigenvalue weighted by Crippen LogP contribution is -2.25. The van der Waals surface area contributed by atoms with Crippen LogP contribution in [0.1, 0.15) is 6.42 Å². The van der Waals surface area contributed by atoms with E-state index in [0.717, 1.165) is 5.39 Å². The maximum atomic E-state index is 11.7. The molecule has 0 saturated carbocycles. The number of aromatic amines is 1. The number of pyridine rings is 1. The largest absolute Gasteiger partial charge is 0.294 e. The number of carbonyl (C=O) groups is 1. The van der Waals surface area contributed by atoms with Gasteiger partial charge in [-0.05, 0) is 12.1 Å². The first-order valence-electron chi connectivity index (χ1n) is 4.99. The molecule has 0 aliphatic carbocycles. The molecule has 2 aromatic rings. The lowest BCUT2D eigenvalue weighted by atomic mass is 10.3. The molecule has 0 spiro atoms. The van der Waals surface area contributed by atoms with E-state index in [1.807, 2.05) is 12.1 Å². The highest BCUT2D eigenvalue weighted by Crippen LogP contribution is 2.28. The summed E-state index contributed by atoms with van der Waals surface area (Å²) < 4.78 is 0. The van der Waals surface area contributed by atoms with Crippen molar-refractivity contribution in [1.82, 2.24) is 15.2 Å². The van der Waals surface area contributed by atoms with Crippen LogP contribution >= 0.6 is 15.9 Å². The van der Waals surface area contributed by atoms with E-state index < -0.39 is 0 Å². The van der Waals surface area contributed by atoms with Crippen LogP contribution in [-0.2, 0) is 4.79 Å². The predicted octanol–water partition coefficient (Wildman–Crippen LogP) is 1.46. The van der Waals surface area contributed by atoms with Crippen LogP contribution in [-0.4, -0.2) is 32.5 Å². The standard InChI is InChI=1S/C10H9BrN4O/c11-6-4-8(16)15(5-6)10-7-2-1-3-12-9(7)13-14-10/h1-3,6H,4-5H2,(H,12,13,14). The molecule has 1 fully saturated rings. The van der Waals surface area contributed by atoms with E-state index in [2.05, 4.69) is 31.1 Å². The van der Waals surface area contributed by atoms with E-state index in [-0.39, 0.29) is 10.7 Å². The van der Waals surface area contributed by atoms with Gasteiger partial charge in [-0.15, -0.1) is 0 Å². The molecule has 82 valence electrons. The van der Waals surface area contributed by atoms with Crippen LogP contribution in [0.15, 0.2) is 18.3 Å². The van der Waals surface area contributed by atoms with Gasteiger partial charge in [-0.2, -0.15) is 5.10 Å². The number of anilines is 1. The summed E-state index contributed by atoms with van der Waals surface area (Å²) in [7, 11) is 0. The number of hydrogen-bond donors (Lipinski definition) is 1. The zero-order valence-electron chi connectivity index (χ0n) is 8.35. The van der Waals surface area contributed by atoms with Crippen LogP contribution in [0.25, 0.3) is 11.0 Å². The molecule has 0 radical (unpaired) electrons. The van der Waals surface area contributed by atoms with E-state index in [0.29, 0.717) is 24.4 Å². The molecule has 1 N–H and O–H groups in total.